The van der Waals surface area contributed by atoms with E-state index < -0.39 is 0 Å². The molecule has 2 rings (SSSR count). The molecule has 100 valence electrons. The first kappa shape index (κ1) is 13.5. The lowest BCUT2D eigenvalue weighted by molar-refractivity contribution is 0.730. The van der Waals surface area contributed by atoms with E-state index in [0.717, 1.165) is 18.1 Å². The Bertz CT molecular complexity index is 702. The molecule has 0 amide bonds. The van der Waals surface area contributed by atoms with Crippen molar-refractivity contribution in [1.29, 1.82) is 10.5 Å². The van der Waals surface area contributed by atoms with E-state index in [2.05, 4.69) is 20.3 Å². The summed E-state index contributed by atoms with van der Waals surface area (Å²) >= 11 is 0. The summed E-state index contributed by atoms with van der Waals surface area (Å²) in [4.78, 5) is 12.6. The van der Waals surface area contributed by atoms with Gasteiger partial charge in [0.25, 0.3) is 0 Å². The van der Waals surface area contributed by atoms with Crippen LogP contribution in [0.25, 0.3) is 0 Å². The zero-order valence-electron chi connectivity index (χ0n) is 11.3. The molecule has 7 nitrogen and oxygen atoms in total. The van der Waals surface area contributed by atoms with Gasteiger partial charge in [-0.05, 0) is 13.8 Å². The summed E-state index contributed by atoms with van der Waals surface area (Å²) in [5.74, 6) is 1.31. The van der Waals surface area contributed by atoms with Gasteiger partial charge in [0.15, 0.2) is 17.2 Å². The van der Waals surface area contributed by atoms with Gasteiger partial charge in [-0.15, -0.1) is 0 Å². The lowest BCUT2D eigenvalue weighted by atomic mass is 10.3. The second-order valence-corrected chi connectivity index (χ2v) is 4.13. The van der Waals surface area contributed by atoms with E-state index in [4.69, 9.17) is 10.5 Å². The van der Waals surface area contributed by atoms with E-state index in [1.54, 1.807) is 4.57 Å². The first-order chi connectivity index (χ1) is 9.67. The highest BCUT2D eigenvalue weighted by molar-refractivity contribution is 5.37. The number of hydrogen-bond acceptors (Lipinski definition) is 6. The van der Waals surface area contributed by atoms with Crippen LogP contribution >= 0.6 is 0 Å². The average Bonchev–Trinajstić information content (AvgIpc) is 2.80. The predicted molar refractivity (Wildman–Crippen MR) is 71.7 cm³/mol. The van der Waals surface area contributed by atoms with Crippen molar-refractivity contribution in [2.24, 2.45) is 0 Å². The van der Waals surface area contributed by atoms with Crippen LogP contribution < -0.4 is 5.32 Å². The van der Waals surface area contributed by atoms with Crippen molar-refractivity contribution in [3.8, 4) is 12.1 Å². The number of hydrogen-bond donors (Lipinski definition) is 1. The fraction of sp³-hybridized carbons (Fsp3) is 0.308. The van der Waals surface area contributed by atoms with Crippen LogP contribution in [-0.2, 0) is 6.54 Å². The Labute approximate surface area is 116 Å². The SMILES string of the molecule is CCNc1cc(C)nc(Cn2cnc(C#N)c2C#N)n1. The van der Waals surface area contributed by atoms with Crippen molar-refractivity contribution < 1.29 is 0 Å². The topological polar surface area (TPSA) is 103 Å². The van der Waals surface area contributed by atoms with Crippen molar-refractivity contribution >= 4 is 5.82 Å². The highest BCUT2D eigenvalue weighted by Gasteiger charge is 2.11. The van der Waals surface area contributed by atoms with Gasteiger partial charge in [-0.25, -0.2) is 15.0 Å². The van der Waals surface area contributed by atoms with Crippen LogP contribution in [0.5, 0.6) is 0 Å². The van der Waals surface area contributed by atoms with Crippen LogP contribution in [-0.4, -0.2) is 26.1 Å². The second kappa shape index (κ2) is 5.81. The Balaban J connectivity index is 2.33. The van der Waals surface area contributed by atoms with Crippen molar-refractivity contribution in [2.45, 2.75) is 20.4 Å². The molecule has 7 heteroatoms. The second-order valence-electron chi connectivity index (χ2n) is 4.13. The quantitative estimate of drug-likeness (QED) is 0.892. The summed E-state index contributed by atoms with van der Waals surface area (Å²) in [6.07, 6.45) is 1.45. The molecule has 0 saturated heterocycles. The Hall–Kier alpha value is -2.93. The van der Waals surface area contributed by atoms with E-state index in [0.29, 0.717) is 12.4 Å². The van der Waals surface area contributed by atoms with E-state index in [1.807, 2.05) is 32.1 Å². The molecule has 0 spiro atoms. The molecule has 0 unspecified atom stereocenters. The summed E-state index contributed by atoms with van der Waals surface area (Å²) in [6, 6.07) is 5.72. The van der Waals surface area contributed by atoms with E-state index in [1.165, 1.54) is 6.33 Å². The van der Waals surface area contributed by atoms with Gasteiger partial charge in [-0.1, -0.05) is 0 Å². The van der Waals surface area contributed by atoms with Gasteiger partial charge in [0.1, 0.15) is 18.0 Å². The average molecular weight is 267 g/mol. The molecular weight excluding hydrogens is 254 g/mol. The molecule has 0 aliphatic heterocycles. The van der Waals surface area contributed by atoms with Crippen molar-refractivity contribution in [3.05, 3.63) is 35.3 Å². The molecule has 1 N–H and O–H groups in total. The molecule has 0 bridgehead atoms. The zero-order valence-corrected chi connectivity index (χ0v) is 11.3. The molecule has 0 aromatic carbocycles. The molecule has 0 saturated carbocycles. The number of aromatic nitrogens is 4. The van der Waals surface area contributed by atoms with Crippen molar-refractivity contribution in [3.63, 3.8) is 0 Å². The minimum atomic E-state index is 0.118. The fourth-order valence-corrected chi connectivity index (χ4v) is 1.83. The molecule has 0 atom stereocenters. The molecule has 0 radical (unpaired) electrons. The monoisotopic (exact) mass is 267 g/mol. The van der Waals surface area contributed by atoms with Gasteiger partial charge in [0.05, 0.1) is 12.9 Å². The number of nitrogens with zero attached hydrogens (tertiary/aromatic N) is 6. The third kappa shape index (κ3) is 2.73. The van der Waals surface area contributed by atoms with Crippen molar-refractivity contribution in [2.75, 3.05) is 11.9 Å². The van der Waals surface area contributed by atoms with Crippen LogP contribution in [0.15, 0.2) is 12.4 Å². The summed E-state index contributed by atoms with van der Waals surface area (Å²) in [5, 5.41) is 21.1. The first-order valence-corrected chi connectivity index (χ1v) is 6.11. The normalized spacial score (nSPS) is 9.80. The van der Waals surface area contributed by atoms with Gasteiger partial charge in [-0.2, -0.15) is 10.5 Å². The smallest absolute Gasteiger partial charge is 0.176 e. The highest BCUT2D eigenvalue weighted by Crippen LogP contribution is 2.10. The van der Waals surface area contributed by atoms with Crippen LogP contribution in [0.1, 0.15) is 29.8 Å². The maximum atomic E-state index is 9.08. The maximum absolute atomic E-state index is 9.08. The summed E-state index contributed by atoms with van der Waals surface area (Å²) in [7, 11) is 0. The Morgan fingerprint density at radius 2 is 2.10 bits per heavy atom. The van der Waals surface area contributed by atoms with E-state index >= 15 is 0 Å². The summed E-state index contributed by atoms with van der Waals surface area (Å²) < 4.78 is 1.57. The number of rotatable bonds is 4. The van der Waals surface area contributed by atoms with Crippen molar-refractivity contribution in [1.82, 2.24) is 19.5 Å². The first-order valence-electron chi connectivity index (χ1n) is 6.11. The standard InChI is InChI=1S/C13H13N7/c1-3-16-12-4-9(2)18-13(19-12)7-20-8-17-10(5-14)11(20)6-15/h4,8H,3,7H2,1-2H3,(H,16,18,19). The zero-order chi connectivity index (χ0) is 14.5. The Kier molecular flexibility index (Phi) is 3.92. The van der Waals surface area contributed by atoms with E-state index in [9.17, 15) is 0 Å². The number of nitriles is 2. The fourth-order valence-electron chi connectivity index (χ4n) is 1.83. The number of nitrogens with one attached hydrogen (secondary N) is 1. The lowest BCUT2D eigenvalue weighted by Gasteiger charge is -2.07. The van der Waals surface area contributed by atoms with Gasteiger partial charge in [0.2, 0.25) is 0 Å². The predicted octanol–water partition coefficient (Wildman–Crippen LogP) is 1.20. The van der Waals surface area contributed by atoms with Gasteiger partial charge in [0, 0.05) is 18.3 Å². The minimum Gasteiger partial charge on any atom is -0.370 e. The third-order valence-corrected chi connectivity index (χ3v) is 2.62. The molecule has 0 aliphatic rings. The number of aryl methyl sites for hydroxylation is 1. The van der Waals surface area contributed by atoms with Gasteiger partial charge >= 0.3 is 0 Å². The number of anilines is 1. The molecule has 0 fully saturated rings. The highest BCUT2D eigenvalue weighted by atomic mass is 15.1. The van der Waals surface area contributed by atoms with Gasteiger partial charge in [-0.3, -0.25) is 0 Å². The van der Waals surface area contributed by atoms with Crippen LogP contribution in [0, 0.1) is 29.6 Å². The molecule has 20 heavy (non-hydrogen) atoms. The van der Waals surface area contributed by atoms with Crippen LogP contribution in [0.3, 0.4) is 0 Å². The molecular formula is C13H13N7. The maximum Gasteiger partial charge on any atom is 0.176 e. The molecule has 2 heterocycles. The van der Waals surface area contributed by atoms with Crippen LogP contribution in [0.2, 0.25) is 0 Å². The van der Waals surface area contributed by atoms with Crippen LogP contribution in [0.4, 0.5) is 5.82 Å². The Morgan fingerprint density at radius 3 is 2.75 bits per heavy atom. The summed E-state index contributed by atoms with van der Waals surface area (Å²) in [5.41, 5.74) is 1.18. The Morgan fingerprint density at radius 1 is 1.30 bits per heavy atom. The minimum absolute atomic E-state index is 0.118. The van der Waals surface area contributed by atoms with Gasteiger partial charge < -0.3 is 9.88 Å². The third-order valence-electron chi connectivity index (χ3n) is 2.62. The lowest BCUT2D eigenvalue weighted by Crippen LogP contribution is -2.09. The molecule has 2 aromatic heterocycles. The summed E-state index contributed by atoms with van der Waals surface area (Å²) in [6.45, 7) is 4.94. The largest absolute Gasteiger partial charge is 0.370 e. The molecule has 2 aromatic rings. The van der Waals surface area contributed by atoms with E-state index in [-0.39, 0.29) is 11.4 Å². The number of imidazole rings is 1. The molecule has 0 aliphatic carbocycles.